The second-order valence-corrected chi connectivity index (χ2v) is 4.49. The van der Waals surface area contributed by atoms with Crippen LogP contribution in [0.1, 0.15) is 11.4 Å². The van der Waals surface area contributed by atoms with Gasteiger partial charge in [-0.1, -0.05) is 12.1 Å². The number of rotatable bonds is 6. The van der Waals surface area contributed by atoms with E-state index in [-0.39, 0.29) is 5.82 Å². The van der Waals surface area contributed by atoms with Crippen LogP contribution in [0.3, 0.4) is 0 Å². The highest BCUT2D eigenvalue weighted by atomic mass is 32.1. The third-order valence-electron chi connectivity index (χ3n) is 2.33. The fourth-order valence-corrected chi connectivity index (χ4v) is 2.05. The molecule has 0 radical (unpaired) electrons. The first-order valence-electron chi connectivity index (χ1n) is 5.58. The van der Waals surface area contributed by atoms with Crippen molar-refractivity contribution in [1.29, 1.82) is 0 Å². The minimum Gasteiger partial charge on any atom is -0.383 e. The zero-order valence-electron chi connectivity index (χ0n) is 10.0. The van der Waals surface area contributed by atoms with Gasteiger partial charge in [0.25, 0.3) is 0 Å². The molecule has 2 rings (SSSR count). The van der Waals surface area contributed by atoms with Crippen molar-refractivity contribution in [1.82, 2.24) is 9.36 Å². The lowest BCUT2D eigenvalue weighted by Crippen LogP contribution is -2.07. The van der Waals surface area contributed by atoms with Gasteiger partial charge in [-0.15, -0.1) is 0 Å². The standard InChI is InChI=1S/C12H14FN3OS/c1-17-7-6-14-12-15-11(16-18-12)8-9-2-4-10(13)5-3-9/h2-5H,6-8H2,1H3,(H,14,15,16). The van der Waals surface area contributed by atoms with Gasteiger partial charge < -0.3 is 10.1 Å². The zero-order chi connectivity index (χ0) is 12.8. The summed E-state index contributed by atoms with van der Waals surface area (Å²) in [4.78, 5) is 4.35. The van der Waals surface area contributed by atoms with Crippen molar-refractivity contribution >= 4 is 16.7 Å². The molecule has 0 atom stereocenters. The van der Waals surface area contributed by atoms with Crippen molar-refractivity contribution in [2.24, 2.45) is 0 Å². The molecule has 0 aliphatic heterocycles. The molecule has 0 aliphatic rings. The van der Waals surface area contributed by atoms with Crippen LogP contribution in [0.2, 0.25) is 0 Å². The Balaban J connectivity index is 1.91. The smallest absolute Gasteiger partial charge is 0.202 e. The largest absolute Gasteiger partial charge is 0.383 e. The maximum absolute atomic E-state index is 12.8. The summed E-state index contributed by atoms with van der Waals surface area (Å²) in [6, 6.07) is 6.38. The lowest BCUT2D eigenvalue weighted by atomic mass is 10.1. The van der Waals surface area contributed by atoms with Gasteiger partial charge in [0.05, 0.1) is 6.61 Å². The lowest BCUT2D eigenvalue weighted by molar-refractivity contribution is 0.211. The maximum Gasteiger partial charge on any atom is 0.202 e. The molecule has 0 spiro atoms. The Morgan fingerprint density at radius 1 is 1.33 bits per heavy atom. The molecule has 1 aromatic heterocycles. The number of halogens is 1. The first-order chi connectivity index (χ1) is 8.78. The van der Waals surface area contributed by atoms with Gasteiger partial charge in [-0.25, -0.2) is 9.37 Å². The summed E-state index contributed by atoms with van der Waals surface area (Å²) in [5, 5.41) is 3.90. The minimum atomic E-state index is -0.230. The number of hydrogen-bond acceptors (Lipinski definition) is 5. The first-order valence-corrected chi connectivity index (χ1v) is 6.35. The predicted molar refractivity (Wildman–Crippen MR) is 69.5 cm³/mol. The Morgan fingerprint density at radius 2 is 2.11 bits per heavy atom. The van der Waals surface area contributed by atoms with Crippen molar-refractivity contribution in [3.05, 3.63) is 41.5 Å². The van der Waals surface area contributed by atoms with E-state index in [2.05, 4.69) is 14.7 Å². The molecule has 1 aromatic carbocycles. The van der Waals surface area contributed by atoms with Crippen LogP contribution in [0.15, 0.2) is 24.3 Å². The Kier molecular flexibility index (Phi) is 4.60. The molecule has 96 valence electrons. The van der Waals surface area contributed by atoms with Crippen LogP contribution in [0, 0.1) is 5.82 Å². The van der Waals surface area contributed by atoms with Crippen molar-refractivity contribution in [2.45, 2.75) is 6.42 Å². The second kappa shape index (κ2) is 6.42. The number of nitrogens with one attached hydrogen (secondary N) is 1. The van der Waals surface area contributed by atoms with E-state index in [0.717, 1.165) is 16.5 Å². The molecule has 18 heavy (non-hydrogen) atoms. The van der Waals surface area contributed by atoms with Gasteiger partial charge in [0, 0.05) is 31.6 Å². The molecule has 6 heteroatoms. The fraction of sp³-hybridized carbons (Fsp3) is 0.333. The van der Waals surface area contributed by atoms with E-state index in [1.54, 1.807) is 19.2 Å². The first kappa shape index (κ1) is 12.9. The quantitative estimate of drug-likeness (QED) is 0.816. The highest BCUT2D eigenvalue weighted by Crippen LogP contribution is 2.14. The number of methoxy groups -OCH3 is 1. The molecule has 0 bridgehead atoms. The molecule has 4 nitrogen and oxygen atoms in total. The van der Waals surface area contributed by atoms with E-state index in [0.29, 0.717) is 19.6 Å². The number of hydrogen-bond donors (Lipinski definition) is 1. The van der Waals surface area contributed by atoms with Gasteiger partial charge >= 0.3 is 0 Å². The van der Waals surface area contributed by atoms with Crippen LogP contribution in [0.4, 0.5) is 9.52 Å². The molecule has 0 amide bonds. The van der Waals surface area contributed by atoms with Gasteiger partial charge in [0.2, 0.25) is 5.13 Å². The SMILES string of the molecule is COCCNc1nc(Cc2ccc(F)cc2)ns1. The molecule has 1 heterocycles. The highest BCUT2D eigenvalue weighted by Gasteiger charge is 2.04. The molecular formula is C12H14FN3OS. The molecule has 0 saturated carbocycles. The van der Waals surface area contributed by atoms with Crippen LogP contribution < -0.4 is 5.32 Å². The lowest BCUT2D eigenvalue weighted by Gasteiger charge is -1.99. The van der Waals surface area contributed by atoms with Crippen LogP contribution >= 0.6 is 11.5 Å². The fourth-order valence-electron chi connectivity index (χ4n) is 1.44. The Hall–Kier alpha value is -1.53. The number of anilines is 1. The minimum absolute atomic E-state index is 0.230. The molecule has 0 saturated heterocycles. The number of benzene rings is 1. The average Bonchev–Trinajstić information content (AvgIpc) is 2.80. The summed E-state index contributed by atoms with van der Waals surface area (Å²) >= 11 is 1.32. The zero-order valence-corrected chi connectivity index (χ0v) is 10.8. The molecule has 0 unspecified atom stereocenters. The summed E-state index contributed by atoms with van der Waals surface area (Å²) in [7, 11) is 1.65. The average molecular weight is 267 g/mol. The third-order valence-corrected chi connectivity index (χ3v) is 3.04. The summed E-state index contributed by atoms with van der Waals surface area (Å²) in [6.45, 7) is 1.34. The summed E-state index contributed by atoms with van der Waals surface area (Å²) in [5.74, 6) is 0.512. The number of ether oxygens (including phenoxy) is 1. The number of nitrogens with zero attached hydrogens (tertiary/aromatic N) is 2. The Labute approximate surface area is 109 Å². The normalized spacial score (nSPS) is 10.6. The maximum atomic E-state index is 12.8. The van der Waals surface area contributed by atoms with E-state index >= 15 is 0 Å². The van der Waals surface area contributed by atoms with Crippen LogP contribution in [0.5, 0.6) is 0 Å². The molecular weight excluding hydrogens is 253 g/mol. The van der Waals surface area contributed by atoms with E-state index in [1.165, 1.54) is 23.7 Å². The second-order valence-electron chi connectivity index (χ2n) is 3.74. The van der Waals surface area contributed by atoms with E-state index < -0.39 is 0 Å². The van der Waals surface area contributed by atoms with E-state index in [4.69, 9.17) is 4.74 Å². The predicted octanol–water partition coefficient (Wildman–Crippen LogP) is 2.33. The van der Waals surface area contributed by atoms with Crippen molar-refractivity contribution in [3.8, 4) is 0 Å². The Morgan fingerprint density at radius 3 is 2.83 bits per heavy atom. The number of aromatic nitrogens is 2. The summed E-state index contributed by atoms with van der Waals surface area (Å²) < 4.78 is 21.9. The van der Waals surface area contributed by atoms with Gasteiger partial charge in [-0.2, -0.15) is 4.37 Å². The molecule has 2 aromatic rings. The molecule has 1 N–H and O–H groups in total. The van der Waals surface area contributed by atoms with Gasteiger partial charge in [-0.05, 0) is 17.7 Å². The third kappa shape index (κ3) is 3.75. The van der Waals surface area contributed by atoms with Crippen LogP contribution in [-0.4, -0.2) is 29.6 Å². The van der Waals surface area contributed by atoms with E-state index in [1.807, 2.05) is 0 Å². The summed E-state index contributed by atoms with van der Waals surface area (Å²) in [6.07, 6.45) is 0.614. The molecule has 0 aliphatic carbocycles. The van der Waals surface area contributed by atoms with Crippen LogP contribution in [0.25, 0.3) is 0 Å². The van der Waals surface area contributed by atoms with Crippen LogP contribution in [-0.2, 0) is 11.2 Å². The Bertz CT molecular complexity index is 486. The van der Waals surface area contributed by atoms with Gasteiger partial charge in [-0.3, -0.25) is 0 Å². The van der Waals surface area contributed by atoms with Crippen molar-refractivity contribution < 1.29 is 9.13 Å². The summed E-state index contributed by atoms with van der Waals surface area (Å²) in [5.41, 5.74) is 0.998. The van der Waals surface area contributed by atoms with Crippen molar-refractivity contribution in [3.63, 3.8) is 0 Å². The monoisotopic (exact) mass is 267 g/mol. The van der Waals surface area contributed by atoms with Gasteiger partial charge in [0.1, 0.15) is 11.6 Å². The highest BCUT2D eigenvalue weighted by molar-refractivity contribution is 7.09. The van der Waals surface area contributed by atoms with Crippen molar-refractivity contribution in [2.75, 3.05) is 25.6 Å². The van der Waals surface area contributed by atoms with Gasteiger partial charge in [0.15, 0.2) is 0 Å². The topological polar surface area (TPSA) is 47.0 Å². The van der Waals surface area contributed by atoms with E-state index in [9.17, 15) is 4.39 Å². The molecule has 0 fully saturated rings.